The molecule has 4 rings (SSSR count). The maximum atomic E-state index is 11.1. The number of ether oxygens (including phenoxy) is 2. The second-order valence-electron chi connectivity index (χ2n) is 6.92. The minimum Gasteiger partial charge on any atom is -0.490 e. The van der Waals surface area contributed by atoms with Crippen molar-refractivity contribution < 1.29 is 14.6 Å². The van der Waals surface area contributed by atoms with Crippen molar-refractivity contribution in [2.45, 2.75) is 31.3 Å². The number of aromatic amines is 1. The van der Waals surface area contributed by atoms with E-state index in [4.69, 9.17) is 9.47 Å². The first kappa shape index (κ1) is 15.9. The second-order valence-corrected chi connectivity index (χ2v) is 6.92. The Kier molecular flexibility index (Phi) is 4.48. The van der Waals surface area contributed by atoms with Gasteiger partial charge in [0.1, 0.15) is 12.2 Å². The molecule has 5 nitrogen and oxygen atoms in total. The summed E-state index contributed by atoms with van der Waals surface area (Å²) in [6, 6.07) is 8.15. The number of nitrogens with one attached hydrogen (secondary N) is 1. The summed E-state index contributed by atoms with van der Waals surface area (Å²) >= 11 is 0. The number of H-pyrrole nitrogens is 1. The van der Waals surface area contributed by atoms with Crippen molar-refractivity contribution in [3.05, 3.63) is 30.0 Å². The van der Waals surface area contributed by atoms with Crippen molar-refractivity contribution in [3.63, 3.8) is 0 Å². The molecule has 130 valence electrons. The molecule has 24 heavy (non-hydrogen) atoms. The van der Waals surface area contributed by atoms with E-state index in [0.717, 1.165) is 80.9 Å². The fraction of sp³-hybridized carbons (Fsp3) is 0.579. The van der Waals surface area contributed by atoms with Crippen LogP contribution in [-0.2, 0) is 10.3 Å². The Morgan fingerprint density at radius 1 is 1.17 bits per heavy atom. The van der Waals surface area contributed by atoms with E-state index in [1.807, 2.05) is 18.2 Å². The Morgan fingerprint density at radius 3 is 2.71 bits per heavy atom. The first-order valence-corrected chi connectivity index (χ1v) is 9.03. The summed E-state index contributed by atoms with van der Waals surface area (Å²) in [4.78, 5) is 5.79. The molecule has 1 saturated carbocycles. The highest BCUT2D eigenvalue weighted by atomic mass is 16.5. The zero-order valence-electron chi connectivity index (χ0n) is 14.1. The van der Waals surface area contributed by atoms with E-state index < -0.39 is 5.60 Å². The molecule has 0 radical (unpaired) electrons. The number of hydrogen-bond donors (Lipinski definition) is 2. The molecule has 1 aromatic heterocycles. The van der Waals surface area contributed by atoms with E-state index >= 15 is 0 Å². The Hall–Kier alpha value is -1.56. The molecule has 0 spiro atoms. The first-order valence-electron chi connectivity index (χ1n) is 9.03. The van der Waals surface area contributed by atoms with Crippen LogP contribution in [0.25, 0.3) is 10.9 Å². The van der Waals surface area contributed by atoms with Crippen LogP contribution >= 0.6 is 0 Å². The molecular weight excluding hydrogens is 304 g/mol. The number of para-hydroxylation sites is 1. The summed E-state index contributed by atoms with van der Waals surface area (Å²) in [5.74, 6) is 0.836. The van der Waals surface area contributed by atoms with Crippen molar-refractivity contribution in [1.82, 2.24) is 9.88 Å². The van der Waals surface area contributed by atoms with Gasteiger partial charge in [0.2, 0.25) is 0 Å². The highest BCUT2D eigenvalue weighted by Crippen LogP contribution is 2.44. The normalized spacial score (nSPS) is 21.4. The predicted molar refractivity (Wildman–Crippen MR) is 93.4 cm³/mol. The monoisotopic (exact) mass is 330 g/mol. The Bertz CT molecular complexity index is 685. The molecule has 2 N–H and O–H groups in total. The summed E-state index contributed by atoms with van der Waals surface area (Å²) in [6.45, 7) is 5.06. The fourth-order valence-electron chi connectivity index (χ4n) is 3.91. The van der Waals surface area contributed by atoms with Crippen LogP contribution in [-0.4, -0.2) is 54.4 Å². The average Bonchev–Trinajstić information content (AvgIpc) is 3.21. The Balaban J connectivity index is 1.55. The number of benzene rings is 1. The van der Waals surface area contributed by atoms with Crippen LogP contribution in [0.3, 0.4) is 0 Å². The molecule has 1 aliphatic heterocycles. The lowest BCUT2D eigenvalue weighted by Gasteiger charge is -2.27. The number of aromatic nitrogens is 1. The molecule has 0 bridgehead atoms. The van der Waals surface area contributed by atoms with Gasteiger partial charge in [0.25, 0.3) is 0 Å². The van der Waals surface area contributed by atoms with Gasteiger partial charge in [-0.2, -0.15) is 0 Å². The van der Waals surface area contributed by atoms with E-state index in [2.05, 4.69) is 16.0 Å². The molecule has 1 aromatic carbocycles. The van der Waals surface area contributed by atoms with Gasteiger partial charge < -0.3 is 19.6 Å². The number of fused-ring (bicyclic) bond motifs is 1. The Labute approximate surface area is 142 Å². The summed E-state index contributed by atoms with van der Waals surface area (Å²) < 4.78 is 11.6. The van der Waals surface area contributed by atoms with Crippen molar-refractivity contribution in [3.8, 4) is 5.75 Å². The van der Waals surface area contributed by atoms with E-state index in [1.54, 1.807) is 0 Å². The standard InChI is InChI=1S/C19H26N2O3/c22-19(7-3-4-8-19)18-17(15-5-1-2-6-16(15)20-18)24-14-11-21-9-12-23-13-10-21/h1-2,5-6,20,22H,3-4,7-14H2. The minimum atomic E-state index is -0.771. The molecule has 0 atom stereocenters. The summed E-state index contributed by atoms with van der Waals surface area (Å²) in [5.41, 5.74) is 1.13. The van der Waals surface area contributed by atoms with Gasteiger partial charge in [0.15, 0.2) is 5.75 Å². The number of hydrogen-bond acceptors (Lipinski definition) is 4. The number of nitrogens with zero attached hydrogens (tertiary/aromatic N) is 1. The van der Waals surface area contributed by atoms with Crippen LogP contribution in [0.2, 0.25) is 0 Å². The average molecular weight is 330 g/mol. The van der Waals surface area contributed by atoms with Crippen LogP contribution in [0, 0.1) is 0 Å². The molecular formula is C19H26N2O3. The quantitative estimate of drug-likeness (QED) is 0.885. The van der Waals surface area contributed by atoms with Gasteiger partial charge in [-0.25, -0.2) is 0 Å². The lowest BCUT2D eigenvalue weighted by Crippen LogP contribution is -2.38. The smallest absolute Gasteiger partial charge is 0.150 e. The van der Waals surface area contributed by atoms with Crippen LogP contribution in [0.4, 0.5) is 0 Å². The fourth-order valence-corrected chi connectivity index (χ4v) is 3.91. The van der Waals surface area contributed by atoms with Gasteiger partial charge in [-0.05, 0) is 25.0 Å². The number of morpholine rings is 1. The SMILES string of the molecule is OC1(c2[nH]c3ccccc3c2OCCN2CCOCC2)CCCC1. The molecule has 2 heterocycles. The van der Waals surface area contributed by atoms with E-state index in [-0.39, 0.29) is 0 Å². The molecule has 1 saturated heterocycles. The third-order valence-corrected chi connectivity index (χ3v) is 5.31. The maximum absolute atomic E-state index is 11.1. The Morgan fingerprint density at radius 2 is 1.92 bits per heavy atom. The lowest BCUT2D eigenvalue weighted by atomic mass is 9.97. The van der Waals surface area contributed by atoms with Crippen molar-refractivity contribution in [2.24, 2.45) is 0 Å². The van der Waals surface area contributed by atoms with Crippen LogP contribution in [0.1, 0.15) is 31.4 Å². The molecule has 0 amide bonds. The molecule has 2 fully saturated rings. The van der Waals surface area contributed by atoms with E-state index in [1.165, 1.54) is 0 Å². The number of aliphatic hydroxyl groups is 1. The third-order valence-electron chi connectivity index (χ3n) is 5.31. The van der Waals surface area contributed by atoms with Gasteiger partial charge in [-0.1, -0.05) is 25.0 Å². The van der Waals surface area contributed by atoms with E-state index in [9.17, 15) is 5.11 Å². The van der Waals surface area contributed by atoms with Gasteiger partial charge in [-0.3, -0.25) is 4.90 Å². The lowest BCUT2D eigenvalue weighted by molar-refractivity contribution is 0.0287. The van der Waals surface area contributed by atoms with Crippen molar-refractivity contribution in [1.29, 1.82) is 0 Å². The summed E-state index contributed by atoms with van der Waals surface area (Å²) in [5, 5.41) is 12.1. The highest BCUT2D eigenvalue weighted by Gasteiger charge is 2.38. The molecule has 5 heteroatoms. The van der Waals surface area contributed by atoms with Crippen molar-refractivity contribution in [2.75, 3.05) is 39.5 Å². The van der Waals surface area contributed by atoms with Crippen LogP contribution in [0.5, 0.6) is 5.75 Å². The van der Waals surface area contributed by atoms with Gasteiger partial charge in [0.05, 0.1) is 18.9 Å². The zero-order chi connectivity index (χ0) is 16.4. The topological polar surface area (TPSA) is 57.7 Å². The predicted octanol–water partition coefficient (Wildman–Crippen LogP) is 2.64. The first-order chi connectivity index (χ1) is 11.8. The second kappa shape index (κ2) is 6.75. The van der Waals surface area contributed by atoms with Crippen LogP contribution < -0.4 is 4.74 Å². The number of rotatable bonds is 5. The largest absolute Gasteiger partial charge is 0.490 e. The van der Waals surface area contributed by atoms with Crippen molar-refractivity contribution >= 4 is 10.9 Å². The summed E-state index contributed by atoms with van der Waals surface area (Å²) in [7, 11) is 0. The molecule has 2 aliphatic rings. The van der Waals surface area contributed by atoms with Gasteiger partial charge in [-0.15, -0.1) is 0 Å². The highest BCUT2D eigenvalue weighted by molar-refractivity contribution is 5.88. The third kappa shape index (κ3) is 3.04. The van der Waals surface area contributed by atoms with Crippen LogP contribution in [0.15, 0.2) is 24.3 Å². The molecule has 0 unspecified atom stereocenters. The van der Waals surface area contributed by atoms with Gasteiger partial charge in [0, 0.05) is 30.5 Å². The van der Waals surface area contributed by atoms with E-state index in [0.29, 0.717) is 6.61 Å². The van der Waals surface area contributed by atoms with Gasteiger partial charge >= 0.3 is 0 Å². The zero-order valence-corrected chi connectivity index (χ0v) is 14.1. The maximum Gasteiger partial charge on any atom is 0.150 e. The molecule has 2 aromatic rings. The molecule has 1 aliphatic carbocycles. The summed E-state index contributed by atoms with van der Waals surface area (Å²) in [6.07, 6.45) is 3.75. The minimum absolute atomic E-state index is 0.630.